The van der Waals surface area contributed by atoms with E-state index in [1.807, 2.05) is 0 Å². The van der Waals surface area contributed by atoms with Crippen molar-refractivity contribution in [1.82, 2.24) is 10.2 Å². The van der Waals surface area contributed by atoms with Gasteiger partial charge in [0.1, 0.15) is 0 Å². The minimum Gasteiger partial charge on any atom is -0.383 e. The van der Waals surface area contributed by atoms with Crippen molar-refractivity contribution in [1.29, 1.82) is 0 Å². The molecule has 13 heavy (non-hydrogen) atoms. The molecule has 1 N–H and O–H groups in total. The molecular weight excluding hydrogens is 164 g/mol. The molecule has 1 aliphatic heterocycles. The van der Waals surface area contributed by atoms with E-state index >= 15 is 0 Å². The number of likely N-dealkylation sites (N-methyl/N-ethyl adjacent to an activating group) is 1. The van der Waals surface area contributed by atoms with Gasteiger partial charge in [0.2, 0.25) is 0 Å². The first kappa shape index (κ1) is 11.0. The third-order valence-corrected chi connectivity index (χ3v) is 2.75. The van der Waals surface area contributed by atoms with Crippen LogP contribution in [0.4, 0.5) is 0 Å². The first-order valence-corrected chi connectivity index (χ1v) is 5.09. The Hall–Kier alpha value is -0.120. The van der Waals surface area contributed by atoms with Crippen LogP contribution in [-0.4, -0.2) is 50.8 Å². The van der Waals surface area contributed by atoms with Crippen LogP contribution in [0, 0.1) is 0 Å². The average Bonchev–Trinajstić information content (AvgIpc) is 2.48. The Morgan fingerprint density at radius 2 is 2.31 bits per heavy atom. The SMILES string of the molecule is COCCN(C)CC1(C)CCCN1. The molecule has 1 unspecified atom stereocenters. The van der Waals surface area contributed by atoms with Crippen LogP contribution in [0.5, 0.6) is 0 Å². The van der Waals surface area contributed by atoms with Gasteiger partial charge in [0.05, 0.1) is 6.61 Å². The Kier molecular flexibility index (Phi) is 4.16. The monoisotopic (exact) mass is 186 g/mol. The summed E-state index contributed by atoms with van der Waals surface area (Å²) < 4.78 is 5.05. The molecule has 0 bridgehead atoms. The third-order valence-electron chi connectivity index (χ3n) is 2.75. The van der Waals surface area contributed by atoms with Crippen LogP contribution in [0.25, 0.3) is 0 Å². The van der Waals surface area contributed by atoms with Gasteiger partial charge in [0.15, 0.2) is 0 Å². The van der Waals surface area contributed by atoms with Crippen LogP contribution in [0.3, 0.4) is 0 Å². The molecule has 78 valence electrons. The zero-order chi connectivity index (χ0) is 9.73. The quantitative estimate of drug-likeness (QED) is 0.684. The van der Waals surface area contributed by atoms with E-state index in [2.05, 4.69) is 24.2 Å². The van der Waals surface area contributed by atoms with E-state index in [9.17, 15) is 0 Å². The number of methoxy groups -OCH3 is 1. The van der Waals surface area contributed by atoms with E-state index < -0.39 is 0 Å². The van der Waals surface area contributed by atoms with Crippen molar-refractivity contribution < 1.29 is 4.74 Å². The Morgan fingerprint density at radius 3 is 2.85 bits per heavy atom. The van der Waals surface area contributed by atoms with Crippen molar-refractivity contribution in [2.75, 3.05) is 40.4 Å². The van der Waals surface area contributed by atoms with E-state index in [1.54, 1.807) is 7.11 Å². The lowest BCUT2D eigenvalue weighted by atomic mass is 10.00. The summed E-state index contributed by atoms with van der Waals surface area (Å²) in [6, 6.07) is 0. The Bertz CT molecular complexity index is 144. The van der Waals surface area contributed by atoms with Crippen LogP contribution < -0.4 is 5.32 Å². The van der Waals surface area contributed by atoms with E-state index in [4.69, 9.17) is 4.74 Å². The molecule has 1 aliphatic rings. The topological polar surface area (TPSA) is 24.5 Å². The van der Waals surface area contributed by atoms with Gasteiger partial charge in [0, 0.05) is 25.7 Å². The zero-order valence-electron chi connectivity index (χ0n) is 9.10. The molecule has 0 aromatic carbocycles. The molecular formula is C10H22N2O. The maximum atomic E-state index is 5.05. The second kappa shape index (κ2) is 4.94. The lowest BCUT2D eigenvalue weighted by Gasteiger charge is -2.30. The first-order valence-electron chi connectivity index (χ1n) is 5.09. The summed E-state index contributed by atoms with van der Waals surface area (Å²) in [5.41, 5.74) is 0.336. The molecule has 3 heteroatoms. The summed E-state index contributed by atoms with van der Waals surface area (Å²) in [4.78, 5) is 2.34. The largest absolute Gasteiger partial charge is 0.383 e. The van der Waals surface area contributed by atoms with Gasteiger partial charge in [-0.05, 0) is 33.4 Å². The van der Waals surface area contributed by atoms with Crippen LogP contribution >= 0.6 is 0 Å². The Labute approximate surface area is 81.4 Å². The van der Waals surface area contributed by atoms with Crippen LogP contribution in [0.2, 0.25) is 0 Å². The molecule has 0 aromatic rings. The van der Waals surface area contributed by atoms with Crippen molar-refractivity contribution >= 4 is 0 Å². The maximum Gasteiger partial charge on any atom is 0.0589 e. The molecule has 1 saturated heterocycles. The molecule has 1 heterocycles. The lowest BCUT2D eigenvalue weighted by molar-refractivity contribution is 0.145. The molecule has 0 radical (unpaired) electrons. The van der Waals surface area contributed by atoms with E-state index in [-0.39, 0.29) is 0 Å². The molecule has 1 atom stereocenters. The van der Waals surface area contributed by atoms with Crippen molar-refractivity contribution in [2.45, 2.75) is 25.3 Å². The number of rotatable bonds is 5. The van der Waals surface area contributed by atoms with Gasteiger partial charge < -0.3 is 15.0 Å². The lowest BCUT2D eigenvalue weighted by Crippen LogP contribution is -2.46. The Balaban J connectivity index is 2.21. The minimum atomic E-state index is 0.336. The fourth-order valence-electron chi connectivity index (χ4n) is 2.01. The number of hydrogen-bond acceptors (Lipinski definition) is 3. The smallest absolute Gasteiger partial charge is 0.0589 e. The summed E-state index contributed by atoms with van der Waals surface area (Å²) in [6.07, 6.45) is 2.61. The summed E-state index contributed by atoms with van der Waals surface area (Å²) >= 11 is 0. The average molecular weight is 186 g/mol. The summed E-state index contributed by atoms with van der Waals surface area (Å²) in [5.74, 6) is 0. The summed E-state index contributed by atoms with van der Waals surface area (Å²) in [5, 5.41) is 3.56. The van der Waals surface area contributed by atoms with Crippen molar-refractivity contribution in [3.05, 3.63) is 0 Å². The highest BCUT2D eigenvalue weighted by molar-refractivity contribution is 4.90. The van der Waals surface area contributed by atoms with Gasteiger partial charge in [-0.1, -0.05) is 0 Å². The predicted octanol–water partition coefficient (Wildman–Crippen LogP) is 0.707. The maximum absolute atomic E-state index is 5.05. The highest BCUT2D eigenvalue weighted by Crippen LogP contribution is 2.18. The summed E-state index contributed by atoms with van der Waals surface area (Å²) in [6.45, 7) is 6.45. The fourth-order valence-corrected chi connectivity index (χ4v) is 2.01. The predicted molar refractivity (Wildman–Crippen MR) is 55.0 cm³/mol. The van der Waals surface area contributed by atoms with Crippen LogP contribution in [0.1, 0.15) is 19.8 Å². The number of nitrogens with one attached hydrogen (secondary N) is 1. The molecule has 0 saturated carbocycles. The highest BCUT2D eigenvalue weighted by Gasteiger charge is 2.28. The third kappa shape index (κ3) is 3.63. The standard InChI is InChI=1S/C10H22N2O/c1-10(5-4-6-11-10)9-12(2)7-8-13-3/h11H,4-9H2,1-3H3. The van der Waals surface area contributed by atoms with Gasteiger partial charge in [0.25, 0.3) is 0 Å². The normalized spacial score (nSPS) is 28.6. The fraction of sp³-hybridized carbons (Fsp3) is 1.00. The molecule has 0 aromatic heterocycles. The number of nitrogens with zero attached hydrogens (tertiary/aromatic N) is 1. The number of ether oxygens (including phenoxy) is 1. The second-order valence-electron chi connectivity index (χ2n) is 4.32. The first-order chi connectivity index (χ1) is 6.16. The molecule has 3 nitrogen and oxygen atoms in total. The van der Waals surface area contributed by atoms with Gasteiger partial charge >= 0.3 is 0 Å². The van der Waals surface area contributed by atoms with E-state index in [0.29, 0.717) is 5.54 Å². The molecule has 0 spiro atoms. The summed E-state index contributed by atoms with van der Waals surface area (Å²) in [7, 11) is 3.91. The van der Waals surface area contributed by atoms with Crippen molar-refractivity contribution in [3.63, 3.8) is 0 Å². The van der Waals surface area contributed by atoms with Gasteiger partial charge in [-0.15, -0.1) is 0 Å². The van der Waals surface area contributed by atoms with E-state index in [1.165, 1.54) is 19.4 Å². The molecule has 1 rings (SSSR count). The molecule has 0 amide bonds. The van der Waals surface area contributed by atoms with Gasteiger partial charge in [-0.2, -0.15) is 0 Å². The number of hydrogen-bond donors (Lipinski definition) is 1. The van der Waals surface area contributed by atoms with Crippen molar-refractivity contribution in [2.24, 2.45) is 0 Å². The van der Waals surface area contributed by atoms with E-state index in [0.717, 1.165) is 19.7 Å². The Morgan fingerprint density at radius 1 is 1.54 bits per heavy atom. The van der Waals surface area contributed by atoms with Gasteiger partial charge in [-0.3, -0.25) is 0 Å². The second-order valence-corrected chi connectivity index (χ2v) is 4.32. The van der Waals surface area contributed by atoms with Crippen LogP contribution in [-0.2, 0) is 4.74 Å². The molecule has 0 aliphatic carbocycles. The van der Waals surface area contributed by atoms with Gasteiger partial charge in [-0.25, -0.2) is 0 Å². The minimum absolute atomic E-state index is 0.336. The zero-order valence-corrected chi connectivity index (χ0v) is 9.10. The van der Waals surface area contributed by atoms with Crippen LogP contribution in [0.15, 0.2) is 0 Å². The highest BCUT2D eigenvalue weighted by atomic mass is 16.5. The molecule has 1 fully saturated rings. The van der Waals surface area contributed by atoms with Crippen molar-refractivity contribution in [3.8, 4) is 0 Å².